The number of esters is 1. The van der Waals surface area contributed by atoms with E-state index in [4.69, 9.17) is 19.2 Å². The Kier molecular flexibility index (Phi) is 7.31. The molecule has 2 bridgehead atoms. The maximum atomic E-state index is 14.3. The molecule has 1 aromatic carbocycles. The third kappa shape index (κ3) is 4.11. The van der Waals surface area contributed by atoms with Gasteiger partial charge >= 0.3 is 5.97 Å². The number of rotatable bonds is 5. The quantitative estimate of drug-likeness (QED) is 0.181. The summed E-state index contributed by atoms with van der Waals surface area (Å²) in [6.45, 7) is 7.91. The first kappa shape index (κ1) is 29.3. The Morgan fingerprint density at radius 3 is 2.38 bits per heavy atom. The number of carbonyl (C=O) groups is 2. The summed E-state index contributed by atoms with van der Waals surface area (Å²) < 4.78 is 11.6. The van der Waals surface area contributed by atoms with E-state index < -0.39 is 70.2 Å². The minimum atomic E-state index is -1.83. The maximum Gasteiger partial charge on any atom is 0.303 e. The van der Waals surface area contributed by atoms with Crippen LogP contribution in [0, 0.1) is 16.7 Å². The van der Waals surface area contributed by atoms with Crippen molar-refractivity contribution in [2.75, 3.05) is 6.61 Å². The summed E-state index contributed by atoms with van der Waals surface area (Å²) in [6.07, 6.45) is -6.23. The zero-order valence-corrected chi connectivity index (χ0v) is 23.6. The highest BCUT2D eigenvalue weighted by Gasteiger charge is 2.73. The fourth-order valence-electron chi connectivity index (χ4n) is 7.77. The first-order valence-electron chi connectivity index (χ1n) is 13.9. The first-order chi connectivity index (χ1) is 18.7. The molecule has 0 spiro atoms. The van der Waals surface area contributed by atoms with Crippen LogP contribution in [0.15, 0.2) is 41.5 Å². The predicted octanol–water partition coefficient (Wildman–Crippen LogP) is 1.76. The van der Waals surface area contributed by atoms with Gasteiger partial charge in [0.05, 0.1) is 24.2 Å². The summed E-state index contributed by atoms with van der Waals surface area (Å²) in [5, 5.41) is 46.7. The average Bonchev–Trinajstić information content (AvgIpc) is 2.89. The van der Waals surface area contributed by atoms with E-state index in [2.05, 4.69) is 0 Å². The van der Waals surface area contributed by atoms with Crippen LogP contribution in [-0.2, 0) is 35.4 Å². The molecule has 3 fully saturated rings. The van der Waals surface area contributed by atoms with Crippen LogP contribution in [0.5, 0.6) is 0 Å². The van der Waals surface area contributed by atoms with E-state index in [1.165, 1.54) is 6.92 Å². The molecule has 9 atom stereocenters. The van der Waals surface area contributed by atoms with Crippen molar-refractivity contribution in [1.29, 1.82) is 0 Å². The van der Waals surface area contributed by atoms with Gasteiger partial charge in [0.2, 0.25) is 0 Å². The zero-order valence-electron chi connectivity index (χ0n) is 23.6. The van der Waals surface area contributed by atoms with Gasteiger partial charge in [-0.05, 0) is 37.0 Å². The highest BCUT2D eigenvalue weighted by Crippen LogP contribution is 2.61. The molecule has 0 radical (unpaired) electrons. The minimum absolute atomic E-state index is 0.0165. The Morgan fingerprint density at radius 2 is 1.77 bits per heavy atom. The van der Waals surface area contributed by atoms with Crippen molar-refractivity contribution in [3.05, 3.63) is 47.0 Å². The van der Waals surface area contributed by atoms with Crippen LogP contribution >= 0.6 is 0 Å². The van der Waals surface area contributed by atoms with E-state index in [0.717, 1.165) is 5.56 Å². The number of hydrogen-bond acceptors (Lipinski definition) is 10. The van der Waals surface area contributed by atoms with Crippen LogP contribution in [0.1, 0.15) is 59.4 Å². The second kappa shape index (κ2) is 9.97. The molecule has 1 saturated heterocycles. The van der Waals surface area contributed by atoms with Crippen molar-refractivity contribution in [2.45, 2.75) is 102 Å². The lowest BCUT2D eigenvalue weighted by atomic mass is 9.52. The Balaban J connectivity index is 1.66. The highest BCUT2D eigenvalue weighted by molar-refractivity contribution is 5.93. The summed E-state index contributed by atoms with van der Waals surface area (Å²) >= 11 is 0. The van der Waals surface area contributed by atoms with Crippen LogP contribution in [0.25, 0.3) is 0 Å². The average molecular weight is 561 g/mol. The first-order valence-corrected chi connectivity index (χ1v) is 13.9. The lowest BCUT2D eigenvalue weighted by molar-refractivity contribution is -0.383. The third-order valence-corrected chi connectivity index (χ3v) is 10.3. The lowest BCUT2D eigenvalue weighted by Crippen LogP contribution is -2.75. The molecule has 0 aromatic heterocycles. The van der Waals surface area contributed by atoms with Crippen molar-refractivity contribution in [3.8, 4) is 0 Å². The van der Waals surface area contributed by atoms with Gasteiger partial charge in [-0.2, -0.15) is 0 Å². The van der Waals surface area contributed by atoms with E-state index in [1.54, 1.807) is 27.7 Å². The summed E-state index contributed by atoms with van der Waals surface area (Å²) in [4.78, 5) is 38.4. The van der Waals surface area contributed by atoms with E-state index in [9.17, 15) is 30.0 Å². The van der Waals surface area contributed by atoms with Gasteiger partial charge in [0.25, 0.3) is 0 Å². The van der Waals surface area contributed by atoms with Gasteiger partial charge in [-0.15, -0.1) is 0 Å². The number of hydrogen-bond donors (Lipinski definition) is 4. The van der Waals surface area contributed by atoms with Crippen LogP contribution in [0.4, 0.5) is 0 Å². The molecule has 1 heterocycles. The topological polar surface area (TPSA) is 152 Å². The molecule has 4 aliphatic rings. The molecular weight excluding hydrogens is 520 g/mol. The largest absolute Gasteiger partial charge is 0.454 e. The van der Waals surface area contributed by atoms with Gasteiger partial charge in [-0.25, -0.2) is 9.78 Å². The molecule has 220 valence electrons. The molecule has 1 aliphatic heterocycles. The number of ether oxygens (including phenoxy) is 2. The number of aliphatic hydroxyl groups excluding tert-OH is 3. The fraction of sp³-hybridized carbons (Fsp3) is 0.667. The van der Waals surface area contributed by atoms with Gasteiger partial charge in [0, 0.05) is 31.1 Å². The number of aliphatic hydroxyl groups is 4. The number of Topliss-reactive ketones (excluding diaryl/α,β-unsaturated/α-hetero) is 1. The highest BCUT2D eigenvalue weighted by atomic mass is 17.2. The van der Waals surface area contributed by atoms with Crippen molar-refractivity contribution in [1.82, 2.24) is 0 Å². The smallest absolute Gasteiger partial charge is 0.303 e. The Morgan fingerprint density at radius 1 is 1.10 bits per heavy atom. The Labute approximate surface area is 233 Å². The second-order valence-electron chi connectivity index (χ2n) is 12.6. The van der Waals surface area contributed by atoms with Gasteiger partial charge < -0.3 is 29.9 Å². The Hall–Kier alpha value is -2.18. The molecule has 2 saturated carbocycles. The molecule has 40 heavy (non-hydrogen) atoms. The van der Waals surface area contributed by atoms with Crippen LogP contribution in [0.3, 0.4) is 0 Å². The number of benzene rings is 1. The molecule has 1 aromatic rings. The monoisotopic (exact) mass is 560 g/mol. The van der Waals surface area contributed by atoms with E-state index in [0.29, 0.717) is 5.57 Å². The summed E-state index contributed by atoms with van der Waals surface area (Å²) in [5.41, 5.74) is -4.61. The minimum Gasteiger partial charge on any atom is -0.454 e. The lowest BCUT2D eigenvalue weighted by Gasteiger charge is -2.62. The molecule has 10 heteroatoms. The van der Waals surface area contributed by atoms with E-state index in [1.807, 2.05) is 30.3 Å². The standard InChI is InChI=1S/C30H40O10/c1-16-19(32)13-30(36)23(40-38-14-18-9-7-6-8-10-18)11-20-28(5,26(35)25(34)24(16)27(30,3)4)21(33)12-22-29(20,15-37-22)39-17(2)31/h6-10,19-23,25,32-34,36H,11-15H2,1-5H3/t19-,20-,21-,22+,23-,25+,28-,29+,30+/m0/s1. The van der Waals surface area contributed by atoms with Crippen molar-refractivity contribution < 1.29 is 49.3 Å². The SMILES string of the molecule is CC(=O)O[C@@]12CO[C@@H]1C[C@H](O)[C@@]1(C)C(=O)[C@H](O)C3=C(C)[C@@H](O)C[C@@](O)([C@@H](OOCc4ccccc4)C[C@H]21)C3(C)C. The molecule has 0 amide bonds. The van der Waals surface area contributed by atoms with Crippen LogP contribution < -0.4 is 0 Å². The molecule has 10 nitrogen and oxygen atoms in total. The molecule has 0 unspecified atom stereocenters. The van der Waals surface area contributed by atoms with Crippen LogP contribution in [0.2, 0.25) is 0 Å². The normalized spacial score (nSPS) is 42.5. The summed E-state index contributed by atoms with van der Waals surface area (Å²) in [7, 11) is 0. The number of ketones is 1. The predicted molar refractivity (Wildman–Crippen MR) is 140 cm³/mol. The van der Waals surface area contributed by atoms with E-state index in [-0.39, 0.29) is 38.0 Å². The van der Waals surface area contributed by atoms with Gasteiger partial charge in [-0.3, -0.25) is 9.59 Å². The number of carbonyl (C=O) groups excluding carboxylic acids is 2. The van der Waals surface area contributed by atoms with Crippen molar-refractivity contribution in [2.24, 2.45) is 16.7 Å². The third-order valence-electron chi connectivity index (χ3n) is 10.3. The summed E-state index contributed by atoms with van der Waals surface area (Å²) in [6, 6.07) is 9.30. The summed E-state index contributed by atoms with van der Waals surface area (Å²) in [5.74, 6) is -2.17. The maximum absolute atomic E-state index is 14.3. The van der Waals surface area contributed by atoms with Crippen LogP contribution in [-0.4, -0.2) is 80.5 Å². The fourth-order valence-corrected chi connectivity index (χ4v) is 7.77. The zero-order chi connectivity index (χ0) is 29.3. The molecule has 3 aliphatic carbocycles. The molecular formula is C30H40O10. The van der Waals surface area contributed by atoms with Crippen molar-refractivity contribution >= 4 is 11.8 Å². The van der Waals surface area contributed by atoms with E-state index >= 15 is 0 Å². The molecule has 5 rings (SSSR count). The van der Waals surface area contributed by atoms with Gasteiger partial charge in [0.1, 0.15) is 30.5 Å². The Bertz CT molecular complexity index is 1200. The number of fused-ring (bicyclic) bond motifs is 5. The van der Waals surface area contributed by atoms with Gasteiger partial charge in [-0.1, -0.05) is 44.2 Å². The van der Waals surface area contributed by atoms with Gasteiger partial charge in [0.15, 0.2) is 11.4 Å². The van der Waals surface area contributed by atoms with Crippen molar-refractivity contribution in [3.63, 3.8) is 0 Å². The molecule has 4 N–H and O–H groups in total. The second-order valence-corrected chi connectivity index (χ2v) is 12.6.